The Bertz CT molecular complexity index is 1010. The number of hydrogen-bond donors (Lipinski definition) is 1. The summed E-state index contributed by atoms with van der Waals surface area (Å²) in [6.07, 6.45) is 3.49. The topological polar surface area (TPSA) is 80.1 Å². The number of amides is 2. The fourth-order valence-electron chi connectivity index (χ4n) is 3.40. The lowest BCUT2D eigenvalue weighted by Crippen LogP contribution is -2.38. The number of rotatable bonds is 6. The molecule has 3 aromatic rings. The van der Waals surface area contributed by atoms with Crippen LogP contribution in [0.5, 0.6) is 0 Å². The number of aromatic nitrogens is 3. The number of halogens is 1. The van der Waals surface area contributed by atoms with Crippen LogP contribution in [0.25, 0.3) is 16.4 Å². The van der Waals surface area contributed by atoms with Gasteiger partial charge >= 0.3 is 0 Å². The number of nitrogens with zero attached hydrogens (tertiary/aromatic N) is 4. The largest absolute Gasteiger partial charge is 0.349 e. The van der Waals surface area contributed by atoms with E-state index in [1.807, 2.05) is 22.4 Å². The molecule has 156 valence electrons. The lowest BCUT2D eigenvalue weighted by atomic mass is 10.1. The Morgan fingerprint density at radius 1 is 1.10 bits per heavy atom. The van der Waals surface area contributed by atoms with E-state index in [-0.39, 0.29) is 30.5 Å². The molecule has 1 saturated heterocycles. The highest BCUT2D eigenvalue weighted by Crippen LogP contribution is 2.25. The molecule has 3 heterocycles. The van der Waals surface area contributed by atoms with Crippen molar-refractivity contribution in [2.75, 3.05) is 19.6 Å². The van der Waals surface area contributed by atoms with Gasteiger partial charge in [-0.1, -0.05) is 6.07 Å². The van der Waals surface area contributed by atoms with Gasteiger partial charge in [0.25, 0.3) is 5.91 Å². The molecular weight excluding hydrogens is 405 g/mol. The first-order valence-electron chi connectivity index (χ1n) is 9.94. The Morgan fingerprint density at radius 2 is 1.87 bits per heavy atom. The molecule has 1 aliphatic rings. The van der Waals surface area contributed by atoms with Crippen LogP contribution >= 0.6 is 11.3 Å². The third kappa shape index (κ3) is 4.56. The van der Waals surface area contributed by atoms with E-state index in [0.717, 1.165) is 37.2 Å². The minimum Gasteiger partial charge on any atom is -0.349 e. The molecule has 0 radical (unpaired) electrons. The number of carbonyl (C=O) groups is 2. The Kier molecular flexibility index (Phi) is 6.18. The normalized spacial score (nSPS) is 14.0. The lowest BCUT2D eigenvalue weighted by molar-refractivity contribution is -0.131. The molecule has 0 unspecified atom stereocenters. The third-order valence-corrected chi connectivity index (χ3v) is 5.82. The van der Waals surface area contributed by atoms with Crippen molar-refractivity contribution in [2.24, 2.45) is 0 Å². The summed E-state index contributed by atoms with van der Waals surface area (Å²) in [5.41, 5.74) is 0.603. The molecular formula is C21H22FN5O2S. The highest BCUT2D eigenvalue weighted by molar-refractivity contribution is 7.13. The molecule has 0 saturated carbocycles. The quantitative estimate of drug-likeness (QED) is 0.655. The summed E-state index contributed by atoms with van der Waals surface area (Å²) < 4.78 is 14.8. The average molecular weight is 428 g/mol. The average Bonchev–Trinajstić information content (AvgIpc) is 3.45. The summed E-state index contributed by atoms with van der Waals surface area (Å²) in [4.78, 5) is 31.9. The Morgan fingerprint density at radius 3 is 2.57 bits per heavy atom. The summed E-state index contributed by atoms with van der Waals surface area (Å²) in [6.45, 7) is 1.81. The molecule has 0 bridgehead atoms. The monoisotopic (exact) mass is 427 g/mol. The van der Waals surface area contributed by atoms with Crippen molar-refractivity contribution in [3.63, 3.8) is 0 Å². The van der Waals surface area contributed by atoms with E-state index in [9.17, 15) is 14.0 Å². The zero-order chi connectivity index (χ0) is 20.9. The van der Waals surface area contributed by atoms with Gasteiger partial charge in [-0.15, -0.1) is 16.4 Å². The number of hydrogen-bond acceptors (Lipinski definition) is 5. The number of piperidine rings is 1. The van der Waals surface area contributed by atoms with Crippen molar-refractivity contribution in [2.45, 2.75) is 25.7 Å². The van der Waals surface area contributed by atoms with Crippen LogP contribution < -0.4 is 5.32 Å². The zero-order valence-corrected chi connectivity index (χ0v) is 17.2. The minimum atomic E-state index is -0.444. The Labute approximate surface area is 177 Å². The molecule has 0 atom stereocenters. The predicted molar refractivity (Wildman–Crippen MR) is 112 cm³/mol. The van der Waals surface area contributed by atoms with E-state index in [1.54, 1.807) is 12.1 Å². The van der Waals surface area contributed by atoms with Crippen LogP contribution in [0.1, 0.15) is 36.3 Å². The van der Waals surface area contributed by atoms with Gasteiger partial charge in [0.1, 0.15) is 5.82 Å². The highest BCUT2D eigenvalue weighted by Gasteiger charge is 2.20. The second kappa shape index (κ2) is 9.17. The molecule has 0 spiro atoms. The molecule has 9 heteroatoms. The Hall–Kier alpha value is -3.07. The molecule has 1 aliphatic heterocycles. The number of benzene rings is 1. The van der Waals surface area contributed by atoms with Crippen LogP contribution in [0.2, 0.25) is 0 Å². The summed E-state index contributed by atoms with van der Waals surface area (Å²) in [5.74, 6) is -0.230. The lowest BCUT2D eigenvalue weighted by Gasteiger charge is -2.26. The van der Waals surface area contributed by atoms with Crippen molar-refractivity contribution in [3.05, 3.63) is 53.4 Å². The molecule has 30 heavy (non-hydrogen) atoms. The molecule has 2 aromatic heterocycles. The highest BCUT2D eigenvalue weighted by atomic mass is 32.1. The van der Waals surface area contributed by atoms with Crippen molar-refractivity contribution in [3.8, 4) is 16.4 Å². The van der Waals surface area contributed by atoms with E-state index in [1.165, 1.54) is 28.2 Å². The third-order valence-electron chi connectivity index (χ3n) is 4.96. The first-order valence-corrected chi connectivity index (χ1v) is 10.8. The van der Waals surface area contributed by atoms with E-state index >= 15 is 0 Å². The maximum atomic E-state index is 13.3. The number of nitrogens with one attached hydrogen (secondary N) is 1. The van der Waals surface area contributed by atoms with Crippen LogP contribution in [0.4, 0.5) is 4.39 Å². The van der Waals surface area contributed by atoms with Crippen molar-refractivity contribution < 1.29 is 14.0 Å². The maximum absolute atomic E-state index is 13.3. The molecule has 1 N–H and O–H groups in total. The van der Waals surface area contributed by atoms with Crippen LogP contribution in [-0.2, 0) is 4.79 Å². The van der Waals surface area contributed by atoms with Crippen LogP contribution in [0, 0.1) is 5.82 Å². The number of carbonyl (C=O) groups excluding carboxylic acids is 2. The number of likely N-dealkylation sites (tertiary alicyclic amines) is 1. The van der Waals surface area contributed by atoms with Gasteiger partial charge in [0.15, 0.2) is 5.82 Å². The molecule has 2 amide bonds. The molecule has 4 rings (SSSR count). The molecule has 7 nitrogen and oxygen atoms in total. The standard InChI is InChI=1S/C21H22FN5O2S/c22-15-6-8-16(9-7-15)27-20(17-5-4-14-30-17)24-19(25-27)21(29)23-11-10-18(28)26-12-2-1-3-13-26/h4-9,14H,1-3,10-13H2,(H,23,29). The van der Waals surface area contributed by atoms with E-state index in [4.69, 9.17) is 0 Å². The molecule has 0 aliphatic carbocycles. The second-order valence-electron chi connectivity index (χ2n) is 7.07. The predicted octanol–water partition coefficient (Wildman–Crippen LogP) is 3.27. The van der Waals surface area contributed by atoms with E-state index < -0.39 is 5.91 Å². The smallest absolute Gasteiger partial charge is 0.291 e. The molecule has 1 fully saturated rings. The van der Waals surface area contributed by atoms with Gasteiger partial charge in [-0.05, 0) is 55.0 Å². The fourth-order valence-corrected chi connectivity index (χ4v) is 4.10. The van der Waals surface area contributed by atoms with Crippen molar-refractivity contribution >= 4 is 23.2 Å². The van der Waals surface area contributed by atoms with Crippen LogP contribution in [0.15, 0.2) is 41.8 Å². The zero-order valence-electron chi connectivity index (χ0n) is 16.4. The van der Waals surface area contributed by atoms with Crippen molar-refractivity contribution in [1.82, 2.24) is 25.0 Å². The van der Waals surface area contributed by atoms with Crippen LogP contribution in [-0.4, -0.2) is 51.1 Å². The van der Waals surface area contributed by atoms with Gasteiger partial charge in [0.05, 0.1) is 10.6 Å². The van der Waals surface area contributed by atoms with Gasteiger partial charge in [0.2, 0.25) is 11.7 Å². The van der Waals surface area contributed by atoms with Gasteiger partial charge in [-0.2, -0.15) is 0 Å². The van der Waals surface area contributed by atoms with Gasteiger partial charge in [0, 0.05) is 26.1 Å². The molecule has 1 aromatic carbocycles. The second-order valence-corrected chi connectivity index (χ2v) is 8.02. The summed E-state index contributed by atoms with van der Waals surface area (Å²) in [5, 5.41) is 8.98. The summed E-state index contributed by atoms with van der Waals surface area (Å²) in [6, 6.07) is 9.60. The van der Waals surface area contributed by atoms with Crippen molar-refractivity contribution in [1.29, 1.82) is 0 Å². The summed E-state index contributed by atoms with van der Waals surface area (Å²) in [7, 11) is 0. The van der Waals surface area contributed by atoms with Gasteiger partial charge in [-0.3, -0.25) is 9.59 Å². The maximum Gasteiger partial charge on any atom is 0.291 e. The Balaban J connectivity index is 1.47. The van der Waals surface area contributed by atoms with E-state index in [0.29, 0.717) is 11.5 Å². The van der Waals surface area contributed by atoms with Gasteiger partial charge in [-0.25, -0.2) is 14.1 Å². The number of thiophene rings is 1. The van der Waals surface area contributed by atoms with Crippen LogP contribution in [0.3, 0.4) is 0 Å². The minimum absolute atomic E-state index is 0.00754. The summed E-state index contributed by atoms with van der Waals surface area (Å²) >= 11 is 1.47. The first kappa shape index (κ1) is 20.2. The first-order chi connectivity index (χ1) is 14.6. The fraction of sp³-hybridized carbons (Fsp3) is 0.333. The van der Waals surface area contributed by atoms with Gasteiger partial charge < -0.3 is 10.2 Å². The van der Waals surface area contributed by atoms with E-state index in [2.05, 4.69) is 15.4 Å². The SMILES string of the molecule is O=C(NCCC(=O)N1CCCCC1)c1nc(-c2cccs2)n(-c2ccc(F)cc2)n1.